The van der Waals surface area contributed by atoms with Crippen molar-refractivity contribution in [2.24, 2.45) is 0 Å². The molecule has 0 radical (unpaired) electrons. The highest BCUT2D eigenvalue weighted by molar-refractivity contribution is 5.92. The number of anilines is 2. The lowest BCUT2D eigenvalue weighted by Crippen LogP contribution is -2.49. The molecular formula is C20H27N7O. The number of nitrogens with zero attached hydrogens (tertiary/aromatic N) is 7. The first-order chi connectivity index (χ1) is 13.6. The van der Waals surface area contributed by atoms with Crippen LogP contribution in [-0.2, 0) is 0 Å². The standard InChI is InChI=1S/C20H27N7O/c1-16-15-17(23-20(22-16)27-9-7-24(2)8-10-27)19(28)26-13-11-25(12-14-26)18-5-3-4-6-21-18/h3-6,15H,7-14H2,1-2H3. The van der Waals surface area contributed by atoms with Gasteiger partial charge in [0, 0.05) is 64.2 Å². The third-order valence-corrected chi connectivity index (χ3v) is 5.39. The van der Waals surface area contributed by atoms with Gasteiger partial charge in [-0.05, 0) is 32.2 Å². The Kier molecular flexibility index (Phi) is 5.38. The maximum atomic E-state index is 13.1. The maximum absolute atomic E-state index is 13.1. The summed E-state index contributed by atoms with van der Waals surface area (Å²) in [4.78, 5) is 35.2. The summed E-state index contributed by atoms with van der Waals surface area (Å²) in [5, 5.41) is 0. The number of pyridine rings is 1. The Labute approximate surface area is 165 Å². The molecule has 2 aromatic rings. The van der Waals surface area contributed by atoms with Gasteiger partial charge in [-0.15, -0.1) is 0 Å². The van der Waals surface area contributed by atoms with E-state index < -0.39 is 0 Å². The minimum absolute atomic E-state index is 0.0125. The van der Waals surface area contributed by atoms with E-state index in [0.29, 0.717) is 24.7 Å². The zero-order valence-electron chi connectivity index (χ0n) is 16.6. The highest BCUT2D eigenvalue weighted by Crippen LogP contribution is 2.17. The van der Waals surface area contributed by atoms with Crippen molar-refractivity contribution in [1.29, 1.82) is 0 Å². The van der Waals surface area contributed by atoms with Crippen LogP contribution in [0.3, 0.4) is 0 Å². The van der Waals surface area contributed by atoms with E-state index in [2.05, 4.69) is 36.7 Å². The average Bonchev–Trinajstić information content (AvgIpc) is 2.74. The normalized spacial score (nSPS) is 18.4. The Morgan fingerprint density at radius 1 is 0.929 bits per heavy atom. The molecule has 2 aliphatic heterocycles. The summed E-state index contributed by atoms with van der Waals surface area (Å²) in [5.41, 5.74) is 1.33. The maximum Gasteiger partial charge on any atom is 0.272 e. The van der Waals surface area contributed by atoms with Crippen LogP contribution in [-0.4, -0.2) is 90.1 Å². The molecule has 8 heteroatoms. The number of hydrogen-bond acceptors (Lipinski definition) is 7. The molecule has 0 unspecified atom stereocenters. The van der Waals surface area contributed by atoms with Crippen molar-refractivity contribution in [2.45, 2.75) is 6.92 Å². The predicted molar refractivity (Wildman–Crippen MR) is 109 cm³/mol. The van der Waals surface area contributed by atoms with Gasteiger partial charge in [0.15, 0.2) is 0 Å². The van der Waals surface area contributed by atoms with Crippen molar-refractivity contribution in [2.75, 3.05) is 69.2 Å². The van der Waals surface area contributed by atoms with E-state index in [0.717, 1.165) is 50.8 Å². The molecular weight excluding hydrogens is 354 g/mol. The van der Waals surface area contributed by atoms with Gasteiger partial charge in [0.25, 0.3) is 5.91 Å². The number of aromatic nitrogens is 3. The highest BCUT2D eigenvalue weighted by Gasteiger charge is 2.25. The van der Waals surface area contributed by atoms with Crippen molar-refractivity contribution in [3.63, 3.8) is 0 Å². The Hall–Kier alpha value is -2.74. The van der Waals surface area contributed by atoms with Gasteiger partial charge in [0.05, 0.1) is 0 Å². The van der Waals surface area contributed by atoms with Crippen molar-refractivity contribution in [1.82, 2.24) is 24.8 Å². The average molecular weight is 381 g/mol. The number of hydrogen-bond donors (Lipinski definition) is 0. The Balaban J connectivity index is 1.43. The topological polar surface area (TPSA) is 68.7 Å². The van der Waals surface area contributed by atoms with E-state index in [1.54, 1.807) is 12.3 Å². The molecule has 0 spiro atoms. The van der Waals surface area contributed by atoms with Crippen LogP contribution in [0.25, 0.3) is 0 Å². The number of piperazine rings is 2. The van der Waals surface area contributed by atoms with Crippen LogP contribution in [0.4, 0.5) is 11.8 Å². The van der Waals surface area contributed by atoms with Gasteiger partial charge in [0.2, 0.25) is 5.95 Å². The summed E-state index contributed by atoms with van der Waals surface area (Å²) in [6.45, 7) is 8.55. The molecule has 0 bridgehead atoms. The lowest BCUT2D eigenvalue weighted by atomic mass is 10.2. The van der Waals surface area contributed by atoms with E-state index in [1.807, 2.05) is 30.0 Å². The van der Waals surface area contributed by atoms with Gasteiger partial charge in [-0.2, -0.15) is 0 Å². The molecule has 2 aliphatic rings. The zero-order chi connectivity index (χ0) is 19.5. The molecule has 28 heavy (non-hydrogen) atoms. The first kappa shape index (κ1) is 18.6. The third kappa shape index (κ3) is 4.06. The molecule has 1 amide bonds. The van der Waals surface area contributed by atoms with Gasteiger partial charge < -0.3 is 19.6 Å². The lowest BCUT2D eigenvalue weighted by Gasteiger charge is -2.35. The molecule has 4 rings (SSSR count). The molecule has 4 heterocycles. The van der Waals surface area contributed by atoms with Crippen LogP contribution in [0, 0.1) is 6.92 Å². The van der Waals surface area contributed by atoms with Gasteiger partial charge in [-0.3, -0.25) is 4.79 Å². The quantitative estimate of drug-likeness (QED) is 0.782. The van der Waals surface area contributed by atoms with E-state index in [1.165, 1.54) is 0 Å². The Bertz CT molecular complexity index is 813. The molecule has 0 aromatic carbocycles. The molecule has 0 N–H and O–H groups in total. The number of carbonyl (C=O) groups is 1. The molecule has 0 aliphatic carbocycles. The third-order valence-electron chi connectivity index (χ3n) is 5.39. The number of carbonyl (C=O) groups excluding carboxylic acids is 1. The van der Waals surface area contributed by atoms with Crippen molar-refractivity contribution < 1.29 is 4.79 Å². The molecule has 2 saturated heterocycles. The SMILES string of the molecule is Cc1cc(C(=O)N2CCN(c3ccccn3)CC2)nc(N2CCN(C)CC2)n1. The molecule has 8 nitrogen and oxygen atoms in total. The fourth-order valence-electron chi connectivity index (χ4n) is 3.65. The second-order valence-corrected chi connectivity index (χ2v) is 7.45. The van der Waals surface area contributed by atoms with Gasteiger partial charge in [-0.1, -0.05) is 6.07 Å². The largest absolute Gasteiger partial charge is 0.353 e. The van der Waals surface area contributed by atoms with Crippen molar-refractivity contribution in [3.05, 3.63) is 41.9 Å². The minimum Gasteiger partial charge on any atom is -0.353 e. The van der Waals surface area contributed by atoms with Crippen LogP contribution in [0.15, 0.2) is 30.5 Å². The molecule has 0 atom stereocenters. The van der Waals surface area contributed by atoms with Gasteiger partial charge in [0.1, 0.15) is 11.5 Å². The van der Waals surface area contributed by atoms with Gasteiger partial charge in [-0.25, -0.2) is 15.0 Å². The van der Waals surface area contributed by atoms with Crippen LogP contribution >= 0.6 is 0 Å². The van der Waals surface area contributed by atoms with E-state index >= 15 is 0 Å². The minimum atomic E-state index is -0.0125. The molecule has 0 saturated carbocycles. The number of amides is 1. The van der Waals surface area contributed by atoms with Crippen LogP contribution in [0.2, 0.25) is 0 Å². The zero-order valence-corrected chi connectivity index (χ0v) is 16.6. The fourth-order valence-corrected chi connectivity index (χ4v) is 3.65. The van der Waals surface area contributed by atoms with Crippen LogP contribution < -0.4 is 9.80 Å². The summed E-state index contributed by atoms with van der Waals surface area (Å²) in [6.07, 6.45) is 1.80. The first-order valence-corrected chi connectivity index (χ1v) is 9.84. The number of likely N-dealkylation sites (N-methyl/N-ethyl adjacent to an activating group) is 1. The monoisotopic (exact) mass is 381 g/mol. The Morgan fingerprint density at radius 2 is 1.64 bits per heavy atom. The summed E-state index contributed by atoms with van der Waals surface area (Å²) >= 11 is 0. The summed E-state index contributed by atoms with van der Waals surface area (Å²) in [5.74, 6) is 1.62. The molecule has 2 aromatic heterocycles. The highest BCUT2D eigenvalue weighted by atomic mass is 16.2. The molecule has 2 fully saturated rings. The van der Waals surface area contributed by atoms with Crippen LogP contribution in [0.5, 0.6) is 0 Å². The van der Waals surface area contributed by atoms with Crippen molar-refractivity contribution in [3.8, 4) is 0 Å². The summed E-state index contributed by atoms with van der Waals surface area (Å²) in [7, 11) is 2.12. The smallest absolute Gasteiger partial charge is 0.272 e. The molecule has 148 valence electrons. The van der Waals surface area contributed by atoms with Crippen LogP contribution in [0.1, 0.15) is 16.2 Å². The number of aryl methyl sites for hydroxylation is 1. The van der Waals surface area contributed by atoms with E-state index in [9.17, 15) is 4.79 Å². The van der Waals surface area contributed by atoms with E-state index in [-0.39, 0.29) is 5.91 Å². The Morgan fingerprint density at radius 3 is 2.32 bits per heavy atom. The van der Waals surface area contributed by atoms with Crippen molar-refractivity contribution >= 4 is 17.7 Å². The number of rotatable bonds is 3. The second-order valence-electron chi connectivity index (χ2n) is 7.45. The summed E-state index contributed by atoms with van der Waals surface area (Å²) < 4.78 is 0. The van der Waals surface area contributed by atoms with Gasteiger partial charge >= 0.3 is 0 Å². The van der Waals surface area contributed by atoms with E-state index in [4.69, 9.17) is 0 Å². The second kappa shape index (κ2) is 8.10. The lowest BCUT2D eigenvalue weighted by molar-refractivity contribution is 0.0740. The summed E-state index contributed by atoms with van der Waals surface area (Å²) in [6, 6.07) is 7.71. The fraction of sp³-hybridized carbons (Fsp3) is 0.500. The first-order valence-electron chi connectivity index (χ1n) is 9.84. The predicted octanol–water partition coefficient (Wildman–Crippen LogP) is 0.894.